The molecular weight excluding hydrogens is 200 g/mol. The molecule has 1 atom stereocenters. The zero-order chi connectivity index (χ0) is 11.6. The molecule has 3 nitrogen and oxygen atoms in total. The van der Waals surface area contributed by atoms with E-state index in [1.54, 1.807) is 0 Å². The van der Waals surface area contributed by atoms with E-state index in [1.807, 2.05) is 4.90 Å². The number of carbonyl (C=O) groups excluding carboxylic acids is 1. The lowest BCUT2D eigenvalue weighted by molar-refractivity contribution is -0.140. The van der Waals surface area contributed by atoms with Gasteiger partial charge in [-0.15, -0.1) is 0 Å². The topological polar surface area (TPSA) is 46.3 Å². The molecular formula is C13H24N2O. The molecule has 0 aromatic carbocycles. The molecule has 1 saturated heterocycles. The first-order valence-electron chi connectivity index (χ1n) is 6.74. The fourth-order valence-corrected chi connectivity index (χ4v) is 2.86. The molecule has 0 spiro atoms. The van der Waals surface area contributed by atoms with Crippen LogP contribution in [0.1, 0.15) is 51.9 Å². The minimum Gasteiger partial charge on any atom is -0.341 e. The first-order valence-corrected chi connectivity index (χ1v) is 6.74. The highest BCUT2D eigenvalue weighted by atomic mass is 16.2. The SMILES string of the molecule is CCC1CCCN(C(=O)C2(N)CCC2)CC1. The maximum Gasteiger partial charge on any atom is 0.242 e. The Hall–Kier alpha value is -0.570. The molecule has 92 valence electrons. The van der Waals surface area contributed by atoms with Crippen LogP contribution in [0.5, 0.6) is 0 Å². The second-order valence-electron chi connectivity index (χ2n) is 5.51. The van der Waals surface area contributed by atoms with Gasteiger partial charge in [-0.25, -0.2) is 0 Å². The summed E-state index contributed by atoms with van der Waals surface area (Å²) in [5.41, 5.74) is 5.61. The Bertz CT molecular complexity index is 261. The Balaban J connectivity index is 1.92. The monoisotopic (exact) mass is 224 g/mol. The summed E-state index contributed by atoms with van der Waals surface area (Å²) >= 11 is 0. The summed E-state index contributed by atoms with van der Waals surface area (Å²) < 4.78 is 0. The largest absolute Gasteiger partial charge is 0.341 e. The van der Waals surface area contributed by atoms with Crippen molar-refractivity contribution in [3.8, 4) is 0 Å². The molecule has 1 aliphatic carbocycles. The molecule has 0 radical (unpaired) electrons. The molecule has 2 rings (SSSR count). The second-order valence-corrected chi connectivity index (χ2v) is 5.51. The standard InChI is InChI=1S/C13H24N2O/c1-2-11-5-3-9-15(10-6-11)12(16)13(14)7-4-8-13/h11H,2-10,14H2,1H3. The van der Waals surface area contributed by atoms with Gasteiger partial charge in [0.2, 0.25) is 5.91 Å². The third-order valence-electron chi connectivity index (χ3n) is 4.38. The van der Waals surface area contributed by atoms with E-state index in [2.05, 4.69) is 6.92 Å². The van der Waals surface area contributed by atoms with Crippen molar-refractivity contribution in [3.63, 3.8) is 0 Å². The van der Waals surface area contributed by atoms with Crippen molar-refractivity contribution in [2.45, 2.75) is 57.4 Å². The number of carbonyl (C=O) groups is 1. The molecule has 1 unspecified atom stereocenters. The number of hydrogen-bond donors (Lipinski definition) is 1. The third kappa shape index (κ3) is 2.24. The first kappa shape index (κ1) is 11.9. The Morgan fingerprint density at radius 3 is 2.62 bits per heavy atom. The van der Waals surface area contributed by atoms with Gasteiger partial charge in [-0.3, -0.25) is 4.79 Å². The van der Waals surface area contributed by atoms with Crippen LogP contribution in [0.3, 0.4) is 0 Å². The van der Waals surface area contributed by atoms with Gasteiger partial charge >= 0.3 is 0 Å². The van der Waals surface area contributed by atoms with Crippen molar-refractivity contribution in [1.82, 2.24) is 4.90 Å². The summed E-state index contributed by atoms with van der Waals surface area (Å²) in [4.78, 5) is 14.3. The van der Waals surface area contributed by atoms with Crippen molar-refractivity contribution in [3.05, 3.63) is 0 Å². The van der Waals surface area contributed by atoms with Crippen molar-refractivity contribution in [1.29, 1.82) is 0 Å². The van der Waals surface area contributed by atoms with Crippen molar-refractivity contribution in [2.24, 2.45) is 11.7 Å². The van der Waals surface area contributed by atoms with Crippen LogP contribution in [0.2, 0.25) is 0 Å². The molecule has 3 heteroatoms. The van der Waals surface area contributed by atoms with Crippen molar-refractivity contribution >= 4 is 5.91 Å². The summed E-state index contributed by atoms with van der Waals surface area (Å²) in [5, 5.41) is 0. The predicted octanol–water partition coefficient (Wildman–Crippen LogP) is 1.91. The van der Waals surface area contributed by atoms with E-state index >= 15 is 0 Å². The van der Waals surface area contributed by atoms with Gasteiger partial charge in [-0.1, -0.05) is 13.3 Å². The molecule has 1 heterocycles. The molecule has 1 aliphatic heterocycles. The summed E-state index contributed by atoms with van der Waals surface area (Å²) in [5.74, 6) is 1.03. The quantitative estimate of drug-likeness (QED) is 0.778. The van der Waals surface area contributed by atoms with Gasteiger partial charge in [0.05, 0.1) is 5.54 Å². The van der Waals surface area contributed by atoms with E-state index in [4.69, 9.17) is 5.73 Å². The Morgan fingerprint density at radius 2 is 2.06 bits per heavy atom. The molecule has 2 N–H and O–H groups in total. The average molecular weight is 224 g/mol. The number of amides is 1. The Kier molecular flexibility index (Phi) is 3.53. The van der Waals surface area contributed by atoms with E-state index in [-0.39, 0.29) is 5.91 Å². The zero-order valence-corrected chi connectivity index (χ0v) is 10.4. The van der Waals surface area contributed by atoms with E-state index in [0.717, 1.165) is 44.7 Å². The lowest BCUT2D eigenvalue weighted by atomic mass is 9.76. The Labute approximate surface area is 98.4 Å². The molecule has 1 saturated carbocycles. The minimum absolute atomic E-state index is 0.218. The van der Waals surface area contributed by atoms with Crippen LogP contribution in [-0.2, 0) is 4.79 Å². The van der Waals surface area contributed by atoms with Crippen molar-refractivity contribution < 1.29 is 4.79 Å². The predicted molar refractivity (Wildman–Crippen MR) is 65.0 cm³/mol. The van der Waals surface area contributed by atoms with Crippen LogP contribution in [-0.4, -0.2) is 29.4 Å². The van der Waals surface area contributed by atoms with Gasteiger partial charge in [0.1, 0.15) is 0 Å². The van der Waals surface area contributed by atoms with Crippen LogP contribution in [0.25, 0.3) is 0 Å². The third-order valence-corrected chi connectivity index (χ3v) is 4.38. The Morgan fingerprint density at radius 1 is 1.31 bits per heavy atom. The van der Waals surface area contributed by atoms with Crippen LogP contribution < -0.4 is 5.73 Å². The average Bonchev–Trinajstić information content (AvgIpc) is 2.49. The number of rotatable bonds is 2. The summed E-state index contributed by atoms with van der Waals surface area (Å²) in [6.07, 6.45) is 7.74. The van der Waals surface area contributed by atoms with Gasteiger partial charge in [-0.05, 0) is 44.4 Å². The maximum absolute atomic E-state index is 12.3. The number of hydrogen-bond acceptors (Lipinski definition) is 2. The van der Waals surface area contributed by atoms with Crippen LogP contribution in [0.4, 0.5) is 0 Å². The van der Waals surface area contributed by atoms with E-state index in [9.17, 15) is 4.79 Å². The van der Waals surface area contributed by atoms with Crippen LogP contribution in [0, 0.1) is 5.92 Å². The van der Waals surface area contributed by atoms with E-state index < -0.39 is 5.54 Å². The summed E-state index contributed by atoms with van der Waals surface area (Å²) in [7, 11) is 0. The number of nitrogens with two attached hydrogens (primary N) is 1. The lowest BCUT2D eigenvalue weighted by Gasteiger charge is -2.40. The molecule has 2 fully saturated rings. The molecule has 0 aromatic heterocycles. The van der Waals surface area contributed by atoms with Gasteiger partial charge < -0.3 is 10.6 Å². The lowest BCUT2D eigenvalue weighted by Crippen LogP contribution is -2.59. The molecule has 1 amide bonds. The van der Waals surface area contributed by atoms with Gasteiger partial charge in [0.15, 0.2) is 0 Å². The molecule has 0 aromatic rings. The fourth-order valence-electron chi connectivity index (χ4n) is 2.86. The van der Waals surface area contributed by atoms with E-state index in [1.165, 1.54) is 19.3 Å². The first-order chi connectivity index (χ1) is 7.65. The minimum atomic E-state index is -0.494. The van der Waals surface area contributed by atoms with Crippen molar-refractivity contribution in [2.75, 3.05) is 13.1 Å². The van der Waals surface area contributed by atoms with Crippen LogP contribution in [0.15, 0.2) is 0 Å². The number of likely N-dealkylation sites (tertiary alicyclic amines) is 1. The summed E-state index contributed by atoms with van der Waals surface area (Å²) in [6, 6.07) is 0. The fraction of sp³-hybridized carbons (Fsp3) is 0.923. The summed E-state index contributed by atoms with van der Waals surface area (Å²) in [6.45, 7) is 4.10. The normalized spacial score (nSPS) is 29.4. The highest BCUT2D eigenvalue weighted by molar-refractivity contribution is 5.87. The molecule has 2 aliphatic rings. The zero-order valence-electron chi connectivity index (χ0n) is 10.4. The van der Waals surface area contributed by atoms with Gasteiger partial charge in [0.25, 0.3) is 0 Å². The highest BCUT2D eigenvalue weighted by Gasteiger charge is 2.42. The molecule has 16 heavy (non-hydrogen) atoms. The maximum atomic E-state index is 12.3. The van der Waals surface area contributed by atoms with E-state index in [0.29, 0.717) is 0 Å². The number of nitrogens with zero attached hydrogens (tertiary/aromatic N) is 1. The highest BCUT2D eigenvalue weighted by Crippen LogP contribution is 2.32. The van der Waals surface area contributed by atoms with Gasteiger partial charge in [0, 0.05) is 13.1 Å². The molecule has 0 bridgehead atoms. The second kappa shape index (κ2) is 4.74. The van der Waals surface area contributed by atoms with Gasteiger partial charge in [-0.2, -0.15) is 0 Å². The smallest absolute Gasteiger partial charge is 0.242 e. The van der Waals surface area contributed by atoms with Crippen LogP contribution >= 0.6 is 0 Å².